The lowest BCUT2D eigenvalue weighted by Gasteiger charge is -2.23. The van der Waals surface area contributed by atoms with E-state index in [2.05, 4.69) is 10.2 Å². The second kappa shape index (κ2) is 4.36. The third-order valence-electron chi connectivity index (χ3n) is 1.85. The van der Waals surface area contributed by atoms with Gasteiger partial charge in [-0.25, -0.2) is 0 Å². The Labute approximate surface area is 86.9 Å². The maximum absolute atomic E-state index is 11.8. The Morgan fingerprint density at radius 3 is 2.57 bits per heavy atom. The zero-order valence-corrected chi connectivity index (χ0v) is 9.34. The smallest absolute Gasteiger partial charge is 0.285 e. The molecular weight excluding hydrogens is 200 g/mol. The second-order valence-electron chi connectivity index (χ2n) is 3.13. The molecule has 0 unspecified atom stereocenters. The Kier molecular flexibility index (Phi) is 3.40. The van der Waals surface area contributed by atoms with E-state index in [4.69, 9.17) is 5.73 Å². The lowest BCUT2D eigenvalue weighted by atomic mass is 10.3. The maximum atomic E-state index is 11.8. The summed E-state index contributed by atoms with van der Waals surface area (Å²) in [6.07, 6.45) is 0. The van der Waals surface area contributed by atoms with Crippen molar-refractivity contribution in [3.8, 4) is 0 Å². The van der Waals surface area contributed by atoms with Crippen molar-refractivity contribution in [2.75, 3.05) is 12.3 Å². The molecule has 0 spiro atoms. The summed E-state index contributed by atoms with van der Waals surface area (Å²) in [7, 11) is 0. The van der Waals surface area contributed by atoms with Crippen LogP contribution in [0, 0.1) is 0 Å². The molecule has 2 N–H and O–H groups in total. The zero-order chi connectivity index (χ0) is 10.7. The van der Waals surface area contributed by atoms with Gasteiger partial charge in [-0.05, 0) is 20.8 Å². The monoisotopic (exact) mass is 214 g/mol. The number of nitrogens with zero attached hydrogens (tertiary/aromatic N) is 3. The molecule has 0 bridgehead atoms. The average Bonchev–Trinajstić information content (AvgIpc) is 2.52. The first-order chi connectivity index (χ1) is 6.56. The number of hydrogen-bond donors (Lipinski definition) is 1. The van der Waals surface area contributed by atoms with Gasteiger partial charge in [0.15, 0.2) is 0 Å². The topological polar surface area (TPSA) is 72.1 Å². The minimum atomic E-state index is -0.100. The largest absolute Gasteiger partial charge is 0.374 e. The van der Waals surface area contributed by atoms with E-state index in [1.807, 2.05) is 20.8 Å². The molecule has 0 aromatic carbocycles. The molecule has 0 aliphatic rings. The molecule has 1 aromatic rings. The van der Waals surface area contributed by atoms with Crippen LogP contribution in [-0.4, -0.2) is 33.6 Å². The standard InChI is InChI=1S/C8H14N4OS/c1-4-12(5(2)3)7(13)6-10-11-8(9)14-6/h5H,4H2,1-3H3,(H2,9,11). The van der Waals surface area contributed by atoms with Gasteiger partial charge in [-0.15, -0.1) is 10.2 Å². The first kappa shape index (κ1) is 10.9. The van der Waals surface area contributed by atoms with Crippen molar-refractivity contribution in [2.24, 2.45) is 0 Å². The highest BCUT2D eigenvalue weighted by Crippen LogP contribution is 2.14. The van der Waals surface area contributed by atoms with Crippen molar-refractivity contribution in [3.63, 3.8) is 0 Å². The third kappa shape index (κ3) is 2.20. The van der Waals surface area contributed by atoms with Crippen LogP contribution in [0.25, 0.3) is 0 Å². The predicted molar refractivity (Wildman–Crippen MR) is 56.2 cm³/mol. The summed E-state index contributed by atoms with van der Waals surface area (Å²) in [4.78, 5) is 13.5. The van der Waals surface area contributed by atoms with E-state index in [-0.39, 0.29) is 11.9 Å². The zero-order valence-electron chi connectivity index (χ0n) is 8.52. The molecule has 1 rings (SSSR count). The van der Waals surface area contributed by atoms with E-state index in [0.29, 0.717) is 16.7 Å². The van der Waals surface area contributed by atoms with E-state index in [0.717, 1.165) is 11.3 Å². The van der Waals surface area contributed by atoms with Gasteiger partial charge in [0, 0.05) is 12.6 Å². The molecule has 0 aliphatic heterocycles. The first-order valence-corrected chi connectivity index (χ1v) is 5.27. The molecule has 0 saturated carbocycles. The number of carbonyl (C=O) groups is 1. The third-order valence-corrected chi connectivity index (χ3v) is 2.59. The number of anilines is 1. The van der Waals surface area contributed by atoms with Gasteiger partial charge in [0.05, 0.1) is 0 Å². The Balaban J connectivity index is 2.83. The molecule has 6 heteroatoms. The van der Waals surface area contributed by atoms with E-state index >= 15 is 0 Å². The molecular formula is C8H14N4OS. The van der Waals surface area contributed by atoms with Crippen molar-refractivity contribution in [2.45, 2.75) is 26.8 Å². The number of rotatable bonds is 3. The van der Waals surface area contributed by atoms with E-state index in [1.165, 1.54) is 0 Å². The summed E-state index contributed by atoms with van der Waals surface area (Å²) in [6, 6.07) is 0.164. The minimum Gasteiger partial charge on any atom is -0.374 e. The molecule has 0 saturated heterocycles. The molecule has 0 atom stereocenters. The molecule has 14 heavy (non-hydrogen) atoms. The second-order valence-corrected chi connectivity index (χ2v) is 4.14. The van der Waals surface area contributed by atoms with E-state index < -0.39 is 0 Å². The number of hydrogen-bond acceptors (Lipinski definition) is 5. The molecule has 1 aromatic heterocycles. The molecule has 1 heterocycles. The van der Waals surface area contributed by atoms with Gasteiger partial charge in [0.1, 0.15) is 0 Å². The van der Waals surface area contributed by atoms with Gasteiger partial charge in [0.25, 0.3) is 5.91 Å². The van der Waals surface area contributed by atoms with Crippen molar-refractivity contribution >= 4 is 22.4 Å². The van der Waals surface area contributed by atoms with Gasteiger partial charge < -0.3 is 10.6 Å². The molecule has 78 valence electrons. The Morgan fingerprint density at radius 1 is 1.57 bits per heavy atom. The number of carbonyl (C=O) groups excluding carboxylic acids is 1. The van der Waals surface area contributed by atoms with Crippen LogP contribution in [0.3, 0.4) is 0 Å². The minimum absolute atomic E-state index is 0.100. The summed E-state index contributed by atoms with van der Waals surface area (Å²) in [5.41, 5.74) is 5.41. The summed E-state index contributed by atoms with van der Waals surface area (Å²) >= 11 is 1.12. The van der Waals surface area contributed by atoms with Crippen molar-refractivity contribution < 1.29 is 4.79 Å². The van der Waals surface area contributed by atoms with Gasteiger partial charge in [0.2, 0.25) is 10.1 Å². The fourth-order valence-corrected chi connectivity index (χ4v) is 1.75. The molecule has 1 amide bonds. The highest BCUT2D eigenvalue weighted by molar-refractivity contribution is 7.16. The number of aromatic nitrogens is 2. The molecule has 0 aliphatic carbocycles. The van der Waals surface area contributed by atoms with Gasteiger partial charge in [-0.3, -0.25) is 4.79 Å². The summed E-state index contributed by atoms with van der Waals surface area (Å²) in [6.45, 7) is 6.52. The van der Waals surface area contributed by atoms with Crippen molar-refractivity contribution in [1.82, 2.24) is 15.1 Å². The number of nitrogens with two attached hydrogens (primary N) is 1. The van der Waals surface area contributed by atoms with Crippen LogP contribution in [-0.2, 0) is 0 Å². The van der Waals surface area contributed by atoms with Crippen molar-refractivity contribution in [1.29, 1.82) is 0 Å². The lowest BCUT2D eigenvalue weighted by Crippen LogP contribution is -2.36. The Morgan fingerprint density at radius 2 is 2.21 bits per heavy atom. The quantitative estimate of drug-likeness (QED) is 0.814. The SMILES string of the molecule is CCN(C(=O)c1nnc(N)s1)C(C)C. The highest BCUT2D eigenvalue weighted by atomic mass is 32.1. The van der Waals surface area contributed by atoms with Crippen LogP contribution in [0.1, 0.15) is 30.6 Å². The lowest BCUT2D eigenvalue weighted by molar-refractivity contribution is 0.0715. The van der Waals surface area contributed by atoms with Crippen molar-refractivity contribution in [3.05, 3.63) is 5.01 Å². The van der Waals surface area contributed by atoms with Gasteiger partial charge in [-0.2, -0.15) is 0 Å². The molecule has 0 radical (unpaired) electrons. The normalized spacial score (nSPS) is 10.6. The molecule has 0 fully saturated rings. The van der Waals surface area contributed by atoms with Crippen LogP contribution in [0.4, 0.5) is 5.13 Å². The Hall–Kier alpha value is -1.17. The van der Waals surface area contributed by atoms with Crippen LogP contribution >= 0.6 is 11.3 Å². The number of nitrogen functional groups attached to an aromatic ring is 1. The van der Waals surface area contributed by atoms with Crippen LogP contribution in [0.15, 0.2) is 0 Å². The fraction of sp³-hybridized carbons (Fsp3) is 0.625. The van der Waals surface area contributed by atoms with Crippen LogP contribution in [0.2, 0.25) is 0 Å². The van der Waals surface area contributed by atoms with Crippen LogP contribution in [0.5, 0.6) is 0 Å². The number of amides is 1. The predicted octanol–water partition coefficient (Wildman–Crippen LogP) is 0.991. The fourth-order valence-electron chi connectivity index (χ4n) is 1.19. The summed E-state index contributed by atoms with van der Waals surface area (Å²) in [5.74, 6) is -0.100. The average molecular weight is 214 g/mol. The maximum Gasteiger partial charge on any atom is 0.285 e. The highest BCUT2D eigenvalue weighted by Gasteiger charge is 2.20. The van der Waals surface area contributed by atoms with Gasteiger partial charge >= 0.3 is 0 Å². The van der Waals surface area contributed by atoms with Crippen LogP contribution < -0.4 is 5.73 Å². The summed E-state index contributed by atoms with van der Waals surface area (Å²) < 4.78 is 0. The van der Waals surface area contributed by atoms with Gasteiger partial charge in [-0.1, -0.05) is 11.3 Å². The Bertz CT molecular complexity index is 323. The molecule has 5 nitrogen and oxygen atoms in total. The van der Waals surface area contributed by atoms with E-state index in [1.54, 1.807) is 4.90 Å². The van der Waals surface area contributed by atoms with E-state index in [9.17, 15) is 4.79 Å². The first-order valence-electron chi connectivity index (χ1n) is 4.46. The summed E-state index contributed by atoms with van der Waals surface area (Å²) in [5, 5.41) is 8.02.